The van der Waals surface area contributed by atoms with Crippen molar-refractivity contribution in [3.63, 3.8) is 0 Å². The van der Waals surface area contributed by atoms with Crippen molar-refractivity contribution in [2.75, 3.05) is 0 Å². The summed E-state index contributed by atoms with van der Waals surface area (Å²) >= 11 is 0. The van der Waals surface area contributed by atoms with Crippen LogP contribution in [0.3, 0.4) is 0 Å². The summed E-state index contributed by atoms with van der Waals surface area (Å²) in [7, 11) is 0. The topological polar surface area (TPSA) is 84.3 Å². The molecule has 1 aliphatic carbocycles. The van der Waals surface area contributed by atoms with Crippen molar-refractivity contribution in [3.8, 4) is 5.69 Å². The minimum absolute atomic E-state index is 0.00137. The number of rotatable bonds is 3. The van der Waals surface area contributed by atoms with E-state index in [1.165, 1.54) is 4.90 Å². The van der Waals surface area contributed by atoms with E-state index in [2.05, 4.69) is 10.3 Å². The van der Waals surface area contributed by atoms with Crippen LogP contribution in [0.25, 0.3) is 11.8 Å². The van der Waals surface area contributed by atoms with Gasteiger partial charge in [0, 0.05) is 35.5 Å². The van der Waals surface area contributed by atoms with Crippen LogP contribution in [0.5, 0.6) is 0 Å². The first kappa shape index (κ1) is 18.2. The van der Waals surface area contributed by atoms with Crippen LogP contribution in [0.2, 0.25) is 0 Å². The standard InChI is InChI=1S/C21H22N4O3/c1-13-11-15(14(2)24(13)17-7-9-22-10-8-17)12-18-19(26)23-21(28)25(20(18)27)16-5-3-4-6-16/h7-12,16H,3-6H2,1-2H3,(H,23,26,28)/b18-12+. The van der Waals surface area contributed by atoms with Gasteiger partial charge in [-0.1, -0.05) is 12.8 Å². The molecule has 0 radical (unpaired) electrons. The van der Waals surface area contributed by atoms with Gasteiger partial charge in [0.1, 0.15) is 5.57 Å². The van der Waals surface area contributed by atoms with Crippen LogP contribution in [0.1, 0.15) is 42.6 Å². The Morgan fingerprint density at radius 1 is 1.11 bits per heavy atom. The number of hydrogen-bond acceptors (Lipinski definition) is 4. The fourth-order valence-corrected chi connectivity index (χ4v) is 4.14. The summed E-state index contributed by atoms with van der Waals surface area (Å²) < 4.78 is 2.04. The lowest BCUT2D eigenvalue weighted by atomic mass is 10.1. The highest BCUT2D eigenvalue weighted by molar-refractivity contribution is 6.31. The van der Waals surface area contributed by atoms with Gasteiger partial charge >= 0.3 is 6.03 Å². The van der Waals surface area contributed by atoms with Crippen molar-refractivity contribution in [1.29, 1.82) is 0 Å². The van der Waals surface area contributed by atoms with Crippen molar-refractivity contribution in [2.24, 2.45) is 0 Å². The number of imide groups is 2. The van der Waals surface area contributed by atoms with Gasteiger partial charge in [-0.05, 0) is 56.5 Å². The molecule has 1 aliphatic heterocycles. The zero-order valence-electron chi connectivity index (χ0n) is 15.9. The van der Waals surface area contributed by atoms with Gasteiger partial charge < -0.3 is 4.57 Å². The molecule has 144 valence electrons. The molecule has 2 fully saturated rings. The second-order valence-electron chi connectivity index (χ2n) is 7.30. The zero-order chi connectivity index (χ0) is 19.8. The first-order valence-electron chi connectivity index (χ1n) is 9.47. The Hall–Kier alpha value is -3.22. The summed E-state index contributed by atoms with van der Waals surface area (Å²) in [6.45, 7) is 3.90. The molecule has 28 heavy (non-hydrogen) atoms. The maximum absolute atomic E-state index is 13.0. The number of aryl methyl sites for hydroxylation is 1. The summed E-state index contributed by atoms with van der Waals surface area (Å²) in [5, 5.41) is 2.32. The number of nitrogens with zero attached hydrogens (tertiary/aromatic N) is 3. The number of hydrogen-bond donors (Lipinski definition) is 1. The SMILES string of the molecule is Cc1cc(/C=C2\C(=O)NC(=O)N(C3CCCC3)C2=O)c(C)n1-c1ccncc1. The van der Waals surface area contributed by atoms with Crippen LogP contribution in [-0.2, 0) is 9.59 Å². The van der Waals surface area contributed by atoms with Crippen LogP contribution >= 0.6 is 0 Å². The highest BCUT2D eigenvalue weighted by Gasteiger charge is 2.40. The molecule has 3 heterocycles. The number of carbonyl (C=O) groups is 3. The quantitative estimate of drug-likeness (QED) is 0.657. The van der Waals surface area contributed by atoms with Crippen molar-refractivity contribution < 1.29 is 14.4 Å². The van der Waals surface area contributed by atoms with Gasteiger partial charge in [-0.2, -0.15) is 0 Å². The maximum Gasteiger partial charge on any atom is 0.331 e. The summed E-state index contributed by atoms with van der Waals surface area (Å²) in [6.07, 6.45) is 8.58. The van der Waals surface area contributed by atoms with Gasteiger partial charge in [-0.3, -0.25) is 24.8 Å². The van der Waals surface area contributed by atoms with Gasteiger partial charge in [0.25, 0.3) is 11.8 Å². The second-order valence-corrected chi connectivity index (χ2v) is 7.30. The minimum atomic E-state index is -0.641. The average molecular weight is 378 g/mol. The number of carbonyl (C=O) groups excluding carboxylic acids is 3. The molecule has 0 unspecified atom stereocenters. The molecule has 2 aromatic heterocycles. The van der Waals surface area contributed by atoms with E-state index < -0.39 is 17.8 Å². The van der Waals surface area contributed by atoms with E-state index in [9.17, 15) is 14.4 Å². The van der Waals surface area contributed by atoms with Crippen LogP contribution in [0.15, 0.2) is 36.2 Å². The molecule has 1 N–H and O–H groups in total. The van der Waals surface area contributed by atoms with E-state index in [4.69, 9.17) is 0 Å². The van der Waals surface area contributed by atoms with Crippen molar-refractivity contribution in [2.45, 2.75) is 45.6 Å². The third-order valence-corrected chi connectivity index (χ3v) is 5.51. The van der Waals surface area contributed by atoms with Crippen molar-refractivity contribution in [3.05, 3.63) is 53.1 Å². The molecule has 4 amide bonds. The first-order chi connectivity index (χ1) is 13.5. The third kappa shape index (κ3) is 3.02. The summed E-state index contributed by atoms with van der Waals surface area (Å²) in [6, 6.07) is 4.99. The van der Waals surface area contributed by atoms with Gasteiger partial charge in [-0.25, -0.2) is 4.79 Å². The molecule has 7 nitrogen and oxygen atoms in total. The number of barbiturate groups is 1. The predicted octanol–water partition coefficient (Wildman–Crippen LogP) is 2.89. The molecular formula is C21H22N4O3. The predicted molar refractivity (Wildman–Crippen MR) is 104 cm³/mol. The lowest BCUT2D eigenvalue weighted by Gasteiger charge is -2.31. The second kappa shape index (κ2) is 7.07. The Bertz CT molecular complexity index is 985. The van der Waals surface area contributed by atoms with E-state index in [1.807, 2.05) is 36.6 Å². The molecule has 2 aromatic rings. The fraction of sp³-hybridized carbons (Fsp3) is 0.333. The molecule has 7 heteroatoms. The maximum atomic E-state index is 13.0. The smallest absolute Gasteiger partial charge is 0.318 e. The van der Waals surface area contributed by atoms with Crippen molar-refractivity contribution in [1.82, 2.24) is 19.8 Å². The summed E-state index contributed by atoms with van der Waals surface area (Å²) in [5.74, 6) is -1.15. The molecule has 1 saturated heterocycles. The number of urea groups is 1. The Morgan fingerprint density at radius 3 is 2.46 bits per heavy atom. The average Bonchev–Trinajstić information content (AvgIpc) is 3.28. The van der Waals surface area contributed by atoms with E-state index in [0.29, 0.717) is 0 Å². The van der Waals surface area contributed by atoms with Crippen LogP contribution < -0.4 is 5.32 Å². The molecule has 4 rings (SSSR count). The molecule has 0 atom stereocenters. The summed E-state index contributed by atoms with van der Waals surface area (Å²) in [5.41, 5.74) is 3.61. The van der Waals surface area contributed by atoms with Gasteiger partial charge in [0.15, 0.2) is 0 Å². The normalized spacial score (nSPS) is 19.6. The highest BCUT2D eigenvalue weighted by Crippen LogP contribution is 2.28. The van der Waals surface area contributed by atoms with Crippen molar-refractivity contribution >= 4 is 23.9 Å². The Kier molecular flexibility index (Phi) is 4.58. The monoisotopic (exact) mass is 378 g/mol. The van der Waals surface area contributed by atoms with Crippen LogP contribution in [0, 0.1) is 13.8 Å². The molecule has 1 saturated carbocycles. The fourth-order valence-electron chi connectivity index (χ4n) is 4.14. The largest absolute Gasteiger partial charge is 0.331 e. The van der Waals surface area contributed by atoms with Gasteiger partial charge in [0.2, 0.25) is 0 Å². The van der Waals surface area contributed by atoms with E-state index in [0.717, 1.165) is 48.3 Å². The number of pyridine rings is 1. The van der Waals surface area contributed by atoms with Crippen LogP contribution in [-0.4, -0.2) is 38.3 Å². The zero-order valence-corrected chi connectivity index (χ0v) is 15.9. The molecule has 2 aliphatic rings. The Morgan fingerprint density at radius 2 is 1.79 bits per heavy atom. The molecule has 0 bridgehead atoms. The van der Waals surface area contributed by atoms with Gasteiger partial charge in [-0.15, -0.1) is 0 Å². The molecular weight excluding hydrogens is 356 g/mol. The summed E-state index contributed by atoms with van der Waals surface area (Å²) in [4.78, 5) is 42.9. The lowest BCUT2D eigenvalue weighted by molar-refractivity contribution is -0.131. The minimum Gasteiger partial charge on any atom is -0.318 e. The molecule has 0 aromatic carbocycles. The van der Waals surface area contributed by atoms with E-state index >= 15 is 0 Å². The number of amides is 4. The lowest BCUT2D eigenvalue weighted by Crippen LogP contribution is -2.57. The first-order valence-corrected chi connectivity index (χ1v) is 9.47. The van der Waals surface area contributed by atoms with Crippen LogP contribution in [0.4, 0.5) is 4.79 Å². The van der Waals surface area contributed by atoms with E-state index in [1.54, 1.807) is 18.5 Å². The van der Waals surface area contributed by atoms with Gasteiger partial charge in [0.05, 0.1) is 0 Å². The Balaban J connectivity index is 1.73. The molecule has 0 spiro atoms. The van der Waals surface area contributed by atoms with E-state index in [-0.39, 0.29) is 11.6 Å². The number of aromatic nitrogens is 2. The Labute approximate surface area is 163 Å². The number of nitrogens with one attached hydrogen (secondary N) is 1. The highest BCUT2D eigenvalue weighted by atomic mass is 16.2. The third-order valence-electron chi connectivity index (χ3n) is 5.51.